The Bertz CT molecular complexity index is 682. The smallest absolute Gasteiger partial charge is 0.248 e. The second-order valence-electron chi connectivity index (χ2n) is 4.50. The van der Waals surface area contributed by atoms with Crippen molar-refractivity contribution in [3.05, 3.63) is 46.4 Å². The van der Waals surface area contributed by atoms with Crippen molar-refractivity contribution >= 4 is 27.6 Å². The molecule has 6 heteroatoms. The van der Waals surface area contributed by atoms with E-state index in [-0.39, 0.29) is 16.4 Å². The fourth-order valence-corrected chi connectivity index (χ4v) is 2.47. The molecular weight excluding hydrogens is 278 g/mol. The number of pyridine rings is 1. The van der Waals surface area contributed by atoms with Crippen molar-refractivity contribution in [2.24, 2.45) is 0 Å². The zero-order valence-electron chi connectivity index (χ0n) is 10.9. The van der Waals surface area contributed by atoms with Crippen molar-refractivity contribution < 1.29 is 15.0 Å². The number of rotatable bonds is 4. The van der Waals surface area contributed by atoms with Crippen molar-refractivity contribution in [3.8, 4) is 0 Å². The maximum absolute atomic E-state index is 11.3. The number of fused-ring (bicyclic) bond motifs is 1. The summed E-state index contributed by atoms with van der Waals surface area (Å²) in [6.45, 7) is 1.41. The SMILES string of the molecule is CC(=O)SCC(O)C(O)c1ccc2c[nH]c(=O)cc2c1. The first-order valence-electron chi connectivity index (χ1n) is 6.09. The van der Waals surface area contributed by atoms with Crippen molar-refractivity contribution in [1.29, 1.82) is 0 Å². The lowest BCUT2D eigenvalue weighted by atomic mass is 10.0. The van der Waals surface area contributed by atoms with Crippen molar-refractivity contribution in [3.63, 3.8) is 0 Å². The van der Waals surface area contributed by atoms with Gasteiger partial charge in [0.25, 0.3) is 0 Å². The van der Waals surface area contributed by atoms with Gasteiger partial charge in [0.05, 0.1) is 6.10 Å². The van der Waals surface area contributed by atoms with E-state index in [1.54, 1.807) is 24.4 Å². The second kappa shape index (κ2) is 6.21. The lowest BCUT2D eigenvalue weighted by molar-refractivity contribution is -0.109. The van der Waals surface area contributed by atoms with E-state index in [9.17, 15) is 19.8 Å². The molecule has 3 N–H and O–H groups in total. The number of nitrogens with one attached hydrogen (secondary N) is 1. The third-order valence-electron chi connectivity index (χ3n) is 2.93. The Labute approximate surface area is 119 Å². The molecule has 0 saturated carbocycles. The number of hydrogen-bond donors (Lipinski definition) is 3. The number of hydrogen-bond acceptors (Lipinski definition) is 5. The van der Waals surface area contributed by atoms with Crippen LogP contribution in [0.25, 0.3) is 10.8 Å². The van der Waals surface area contributed by atoms with Crippen LogP contribution >= 0.6 is 11.8 Å². The zero-order valence-corrected chi connectivity index (χ0v) is 11.7. The molecule has 5 nitrogen and oxygen atoms in total. The molecule has 1 aromatic heterocycles. The van der Waals surface area contributed by atoms with Crippen LogP contribution in [-0.2, 0) is 4.79 Å². The van der Waals surface area contributed by atoms with Gasteiger partial charge in [0.1, 0.15) is 6.10 Å². The lowest BCUT2D eigenvalue weighted by Crippen LogP contribution is -2.21. The Morgan fingerprint density at radius 3 is 2.75 bits per heavy atom. The maximum atomic E-state index is 11.3. The Morgan fingerprint density at radius 1 is 1.30 bits per heavy atom. The molecular formula is C14H15NO4S. The number of H-pyrrole nitrogens is 1. The first-order valence-corrected chi connectivity index (χ1v) is 7.08. The molecule has 0 spiro atoms. The molecule has 0 amide bonds. The topological polar surface area (TPSA) is 90.4 Å². The minimum Gasteiger partial charge on any atom is -0.389 e. The zero-order chi connectivity index (χ0) is 14.7. The monoisotopic (exact) mass is 293 g/mol. The van der Waals surface area contributed by atoms with Crippen LogP contribution in [0.5, 0.6) is 0 Å². The molecule has 106 valence electrons. The Kier molecular flexibility index (Phi) is 4.59. The number of aromatic amines is 1. The van der Waals surface area contributed by atoms with E-state index in [0.717, 1.165) is 17.1 Å². The van der Waals surface area contributed by atoms with Crippen molar-refractivity contribution in [2.45, 2.75) is 19.1 Å². The largest absolute Gasteiger partial charge is 0.389 e. The molecule has 0 saturated heterocycles. The number of aliphatic hydroxyl groups is 2. The highest BCUT2D eigenvalue weighted by molar-refractivity contribution is 8.13. The van der Waals surface area contributed by atoms with Gasteiger partial charge in [-0.1, -0.05) is 23.9 Å². The van der Waals surface area contributed by atoms with Gasteiger partial charge in [0.15, 0.2) is 5.12 Å². The molecule has 0 aliphatic heterocycles. The van der Waals surface area contributed by atoms with Crippen LogP contribution in [0, 0.1) is 0 Å². The van der Waals surface area contributed by atoms with E-state index >= 15 is 0 Å². The summed E-state index contributed by atoms with van der Waals surface area (Å²) in [6, 6.07) is 6.54. The van der Waals surface area contributed by atoms with E-state index < -0.39 is 12.2 Å². The highest BCUT2D eigenvalue weighted by Crippen LogP contribution is 2.23. The molecule has 0 aliphatic rings. The van der Waals surface area contributed by atoms with Gasteiger partial charge in [-0.2, -0.15) is 0 Å². The number of aliphatic hydroxyl groups excluding tert-OH is 2. The summed E-state index contributed by atoms with van der Waals surface area (Å²) < 4.78 is 0. The van der Waals surface area contributed by atoms with E-state index in [4.69, 9.17) is 0 Å². The van der Waals surface area contributed by atoms with Crippen LogP contribution in [0.4, 0.5) is 0 Å². The molecule has 2 atom stereocenters. The molecule has 1 heterocycles. The first kappa shape index (κ1) is 14.8. The molecule has 0 fully saturated rings. The van der Waals surface area contributed by atoms with E-state index in [2.05, 4.69) is 4.98 Å². The third-order valence-corrected chi connectivity index (χ3v) is 3.85. The number of benzene rings is 1. The minimum atomic E-state index is -1.09. The van der Waals surface area contributed by atoms with Gasteiger partial charge in [0.2, 0.25) is 5.56 Å². The first-order chi connectivity index (χ1) is 9.47. The minimum absolute atomic E-state index is 0.110. The average molecular weight is 293 g/mol. The maximum Gasteiger partial charge on any atom is 0.248 e. The summed E-state index contributed by atoms with van der Waals surface area (Å²) in [5.41, 5.74) is 0.288. The summed E-state index contributed by atoms with van der Waals surface area (Å²) in [5.74, 6) is 0.129. The van der Waals surface area contributed by atoms with Gasteiger partial charge in [-0.3, -0.25) is 9.59 Å². The van der Waals surface area contributed by atoms with E-state index in [0.29, 0.717) is 10.9 Å². The molecule has 1 aromatic carbocycles. The summed E-state index contributed by atoms with van der Waals surface area (Å²) >= 11 is 0.965. The standard InChI is InChI=1S/C14H15NO4S/c1-8(16)20-7-12(17)14(19)9-2-3-10-6-15-13(18)5-11(10)4-9/h2-6,12,14,17,19H,7H2,1H3,(H,15,18). The molecule has 0 bridgehead atoms. The number of aromatic nitrogens is 1. The van der Waals surface area contributed by atoms with Crippen molar-refractivity contribution in [2.75, 3.05) is 5.75 Å². The lowest BCUT2D eigenvalue weighted by Gasteiger charge is -2.17. The number of carbonyl (C=O) groups is 1. The van der Waals surface area contributed by atoms with E-state index in [1.807, 2.05) is 0 Å². The highest BCUT2D eigenvalue weighted by Gasteiger charge is 2.19. The van der Waals surface area contributed by atoms with Crippen LogP contribution in [0.2, 0.25) is 0 Å². The summed E-state index contributed by atoms with van der Waals surface area (Å²) in [4.78, 5) is 24.7. The quantitative estimate of drug-likeness (QED) is 0.788. The average Bonchev–Trinajstić information content (AvgIpc) is 2.43. The van der Waals surface area contributed by atoms with E-state index in [1.165, 1.54) is 13.0 Å². The van der Waals surface area contributed by atoms with Gasteiger partial charge in [-0.05, 0) is 22.4 Å². The Morgan fingerprint density at radius 2 is 2.05 bits per heavy atom. The Hall–Kier alpha value is -1.63. The fourth-order valence-electron chi connectivity index (χ4n) is 1.88. The number of carbonyl (C=O) groups excluding carboxylic acids is 1. The van der Waals surface area contributed by atoms with Crippen LogP contribution < -0.4 is 5.56 Å². The third kappa shape index (κ3) is 3.47. The summed E-state index contributed by atoms with van der Waals surface area (Å²) in [5, 5.41) is 21.3. The van der Waals surface area contributed by atoms with Gasteiger partial charge in [-0.25, -0.2) is 0 Å². The number of thioether (sulfide) groups is 1. The van der Waals surface area contributed by atoms with Gasteiger partial charge in [-0.15, -0.1) is 0 Å². The second-order valence-corrected chi connectivity index (χ2v) is 5.70. The summed E-state index contributed by atoms with van der Waals surface area (Å²) in [7, 11) is 0. The van der Waals surface area contributed by atoms with Crippen LogP contribution in [0.3, 0.4) is 0 Å². The fraction of sp³-hybridized carbons (Fsp3) is 0.286. The van der Waals surface area contributed by atoms with Crippen molar-refractivity contribution in [1.82, 2.24) is 4.98 Å². The highest BCUT2D eigenvalue weighted by atomic mass is 32.2. The Balaban J connectivity index is 2.23. The van der Waals surface area contributed by atoms with Gasteiger partial charge in [0, 0.05) is 24.9 Å². The van der Waals surface area contributed by atoms with Gasteiger partial charge >= 0.3 is 0 Å². The molecule has 2 rings (SSSR count). The van der Waals surface area contributed by atoms with Gasteiger partial charge < -0.3 is 15.2 Å². The molecule has 0 radical (unpaired) electrons. The van der Waals surface area contributed by atoms with Crippen LogP contribution in [0.1, 0.15) is 18.6 Å². The normalized spacial score (nSPS) is 14.2. The molecule has 2 unspecified atom stereocenters. The predicted octanol–water partition coefficient (Wildman–Crippen LogP) is 1.20. The van der Waals surface area contributed by atoms with Crippen LogP contribution in [0.15, 0.2) is 35.3 Å². The molecule has 2 aromatic rings. The van der Waals surface area contributed by atoms with Crippen LogP contribution in [-0.4, -0.2) is 32.2 Å². The predicted molar refractivity (Wildman–Crippen MR) is 78.7 cm³/mol. The molecule has 0 aliphatic carbocycles. The molecule has 20 heavy (non-hydrogen) atoms. The summed E-state index contributed by atoms with van der Waals surface area (Å²) in [6.07, 6.45) is -0.538.